The predicted molar refractivity (Wildman–Crippen MR) is 127 cm³/mol. The second-order valence-electron chi connectivity index (χ2n) is 7.86. The minimum absolute atomic E-state index is 0.0438. The van der Waals surface area contributed by atoms with E-state index in [1.807, 2.05) is 6.07 Å². The monoisotopic (exact) mass is 485 g/mol. The van der Waals surface area contributed by atoms with Crippen LogP contribution in [0.3, 0.4) is 0 Å². The quantitative estimate of drug-likeness (QED) is 0.494. The van der Waals surface area contributed by atoms with Gasteiger partial charge in [0.25, 0.3) is 0 Å². The molecule has 0 aromatic heterocycles. The van der Waals surface area contributed by atoms with Gasteiger partial charge in [0.05, 0.1) is 26.3 Å². The summed E-state index contributed by atoms with van der Waals surface area (Å²) >= 11 is 12.8. The summed E-state index contributed by atoms with van der Waals surface area (Å²) in [6.45, 7) is 1.97. The normalized spacial score (nSPS) is 17.1. The molecule has 0 aliphatic carbocycles. The molecule has 1 aliphatic heterocycles. The Kier molecular flexibility index (Phi) is 5.99. The molecule has 0 saturated heterocycles. The van der Waals surface area contributed by atoms with Gasteiger partial charge in [0.15, 0.2) is 0 Å². The van der Waals surface area contributed by atoms with Gasteiger partial charge in [0.2, 0.25) is 5.91 Å². The molecule has 3 aromatic rings. The van der Waals surface area contributed by atoms with E-state index in [9.17, 15) is 14.7 Å². The highest BCUT2D eigenvalue weighted by atomic mass is 35.5. The van der Waals surface area contributed by atoms with E-state index >= 15 is 0 Å². The number of benzene rings is 3. The summed E-state index contributed by atoms with van der Waals surface area (Å²) in [4.78, 5) is 27.2. The molecule has 1 unspecified atom stereocenters. The van der Waals surface area contributed by atoms with Gasteiger partial charge in [-0.05, 0) is 66.6 Å². The maximum Gasteiger partial charge on any atom is 0.335 e. The lowest BCUT2D eigenvalue weighted by molar-refractivity contribution is -0.121. The van der Waals surface area contributed by atoms with Crippen LogP contribution < -0.4 is 14.4 Å². The molecule has 1 atom stereocenters. The number of halogens is 2. The van der Waals surface area contributed by atoms with E-state index in [0.717, 1.165) is 5.56 Å². The Labute approximate surface area is 201 Å². The van der Waals surface area contributed by atoms with Crippen molar-refractivity contribution in [3.05, 3.63) is 86.9 Å². The molecule has 6 nitrogen and oxygen atoms in total. The number of aromatic carboxylic acids is 1. The van der Waals surface area contributed by atoms with Crippen molar-refractivity contribution in [3.8, 4) is 11.5 Å². The highest BCUT2D eigenvalue weighted by Crippen LogP contribution is 2.49. The molecule has 0 spiro atoms. The molecule has 1 amide bonds. The molecule has 170 valence electrons. The first-order chi connectivity index (χ1) is 15.7. The number of fused-ring (bicyclic) bond motifs is 1. The number of carbonyl (C=O) groups excluding carboxylic acids is 1. The number of carboxylic acids is 1. The van der Waals surface area contributed by atoms with Crippen molar-refractivity contribution in [2.75, 3.05) is 19.1 Å². The van der Waals surface area contributed by atoms with E-state index in [1.54, 1.807) is 56.4 Å². The zero-order chi connectivity index (χ0) is 23.9. The topological polar surface area (TPSA) is 76.1 Å². The lowest BCUT2D eigenvalue weighted by Gasteiger charge is -2.27. The maximum atomic E-state index is 14.0. The van der Waals surface area contributed by atoms with Gasteiger partial charge >= 0.3 is 5.97 Å². The molecule has 1 aliphatic rings. The van der Waals surface area contributed by atoms with Crippen LogP contribution in [-0.4, -0.2) is 31.2 Å². The van der Waals surface area contributed by atoms with Crippen LogP contribution in [0.15, 0.2) is 54.6 Å². The fraction of sp³-hybridized carbons (Fsp3) is 0.200. The van der Waals surface area contributed by atoms with Gasteiger partial charge in [0, 0.05) is 27.4 Å². The number of hydrogen-bond donors (Lipinski definition) is 1. The molecule has 1 heterocycles. The molecule has 33 heavy (non-hydrogen) atoms. The van der Waals surface area contributed by atoms with Crippen LogP contribution in [0.4, 0.5) is 5.69 Å². The number of rotatable bonds is 6. The fourth-order valence-electron chi connectivity index (χ4n) is 4.25. The summed E-state index contributed by atoms with van der Waals surface area (Å²) in [7, 11) is 3.12. The molecule has 4 rings (SSSR count). The van der Waals surface area contributed by atoms with Crippen molar-refractivity contribution < 1.29 is 24.2 Å². The third kappa shape index (κ3) is 3.79. The third-order valence-electron chi connectivity index (χ3n) is 6.04. The van der Waals surface area contributed by atoms with Crippen molar-refractivity contribution in [2.24, 2.45) is 0 Å². The van der Waals surface area contributed by atoms with Crippen molar-refractivity contribution in [2.45, 2.75) is 18.9 Å². The first-order valence-corrected chi connectivity index (χ1v) is 10.8. The van der Waals surface area contributed by atoms with Crippen LogP contribution in [0.2, 0.25) is 10.0 Å². The highest BCUT2D eigenvalue weighted by molar-refractivity contribution is 6.33. The molecule has 0 radical (unpaired) electrons. The van der Waals surface area contributed by atoms with Gasteiger partial charge in [-0.1, -0.05) is 23.2 Å². The Balaban J connectivity index is 1.87. The van der Waals surface area contributed by atoms with E-state index in [4.69, 9.17) is 32.7 Å². The van der Waals surface area contributed by atoms with Crippen molar-refractivity contribution in [1.82, 2.24) is 0 Å². The second-order valence-corrected chi connectivity index (χ2v) is 8.70. The van der Waals surface area contributed by atoms with Gasteiger partial charge in [-0.2, -0.15) is 0 Å². The number of amides is 1. The summed E-state index contributed by atoms with van der Waals surface area (Å²) in [5.74, 6) is -0.134. The second kappa shape index (κ2) is 8.61. The number of anilines is 1. The summed E-state index contributed by atoms with van der Waals surface area (Å²) < 4.78 is 10.8. The number of hydrogen-bond acceptors (Lipinski definition) is 4. The Morgan fingerprint density at radius 2 is 1.76 bits per heavy atom. The minimum atomic E-state index is -1.23. The molecule has 0 bridgehead atoms. The number of carbonyl (C=O) groups is 2. The van der Waals surface area contributed by atoms with Gasteiger partial charge in [-0.3, -0.25) is 4.79 Å². The Bertz CT molecular complexity index is 1280. The first kappa shape index (κ1) is 23.0. The van der Waals surface area contributed by atoms with Gasteiger partial charge in [0.1, 0.15) is 16.9 Å². The largest absolute Gasteiger partial charge is 0.497 e. The van der Waals surface area contributed by atoms with Crippen molar-refractivity contribution in [3.63, 3.8) is 0 Å². The van der Waals surface area contributed by atoms with E-state index < -0.39 is 11.4 Å². The number of ether oxygens (including phenoxy) is 2. The van der Waals surface area contributed by atoms with Crippen LogP contribution >= 0.6 is 23.2 Å². The summed E-state index contributed by atoms with van der Waals surface area (Å²) in [5, 5.41) is 10.3. The molecule has 0 saturated carbocycles. The van der Waals surface area contributed by atoms with Crippen LogP contribution in [0.5, 0.6) is 11.5 Å². The van der Waals surface area contributed by atoms with E-state index in [0.29, 0.717) is 38.4 Å². The van der Waals surface area contributed by atoms with Crippen LogP contribution in [0.1, 0.15) is 34.0 Å². The zero-order valence-electron chi connectivity index (χ0n) is 18.2. The summed E-state index contributed by atoms with van der Waals surface area (Å²) in [6, 6.07) is 15.0. The van der Waals surface area contributed by atoms with Gasteiger partial charge < -0.3 is 19.5 Å². The molecule has 3 aromatic carbocycles. The number of nitrogens with zero attached hydrogens (tertiary/aromatic N) is 1. The average Bonchev–Trinajstić information content (AvgIpc) is 3.01. The smallest absolute Gasteiger partial charge is 0.335 e. The predicted octanol–water partition coefficient (Wildman–Crippen LogP) is 5.56. The van der Waals surface area contributed by atoms with Crippen LogP contribution in [-0.2, 0) is 16.8 Å². The lowest BCUT2D eigenvalue weighted by Crippen LogP contribution is -2.39. The Morgan fingerprint density at radius 3 is 2.42 bits per heavy atom. The fourth-order valence-corrected chi connectivity index (χ4v) is 4.73. The molecular formula is C25H21Cl2NO5. The lowest BCUT2D eigenvalue weighted by atomic mass is 9.76. The van der Waals surface area contributed by atoms with E-state index in [1.165, 1.54) is 18.2 Å². The molecule has 1 N–H and O–H groups in total. The van der Waals surface area contributed by atoms with Crippen molar-refractivity contribution >= 4 is 40.8 Å². The Hall–Kier alpha value is -3.22. The van der Waals surface area contributed by atoms with Crippen LogP contribution in [0, 0.1) is 0 Å². The SMILES string of the molecule is COc1ccc(CN2C(=O)C(C)(c3cc(C(=O)O)ccc3Cl)c3cc(Cl)ccc32)c(OC)c1. The first-order valence-electron chi connectivity index (χ1n) is 10.1. The molecule has 8 heteroatoms. The Morgan fingerprint density at radius 1 is 1.00 bits per heavy atom. The van der Waals surface area contributed by atoms with E-state index in [-0.39, 0.29) is 18.0 Å². The minimum Gasteiger partial charge on any atom is -0.497 e. The average molecular weight is 486 g/mol. The third-order valence-corrected chi connectivity index (χ3v) is 6.60. The molecule has 0 fully saturated rings. The van der Waals surface area contributed by atoms with E-state index in [2.05, 4.69) is 0 Å². The van der Waals surface area contributed by atoms with Crippen molar-refractivity contribution in [1.29, 1.82) is 0 Å². The maximum absolute atomic E-state index is 14.0. The number of methoxy groups -OCH3 is 2. The summed E-state index contributed by atoms with van der Waals surface area (Å²) in [6.07, 6.45) is 0. The number of carboxylic acid groups (broad SMARTS) is 1. The standard InChI is InChI=1S/C25H21Cl2NO5/c1-25(18-10-14(23(29)30)5-8-20(18)27)19-11-16(26)6-9-21(19)28(24(25)31)13-15-4-7-17(32-2)12-22(15)33-3/h4-12H,13H2,1-3H3,(H,29,30). The highest BCUT2D eigenvalue weighted by Gasteiger charge is 2.50. The van der Waals surface area contributed by atoms with Gasteiger partial charge in [-0.25, -0.2) is 4.79 Å². The summed E-state index contributed by atoms with van der Waals surface area (Å²) in [5.41, 5.74) is 1.31. The molecular weight excluding hydrogens is 465 g/mol. The zero-order valence-corrected chi connectivity index (χ0v) is 19.7. The van der Waals surface area contributed by atoms with Crippen LogP contribution in [0.25, 0.3) is 0 Å². The van der Waals surface area contributed by atoms with Gasteiger partial charge in [-0.15, -0.1) is 0 Å².